The smallest absolute Gasteiger partial charge is 0.462 e. The molecule has 0 aromatic carbocycles. The number of quaternary nitrogens is 1. The molecule has 1 N–H and O–H groups in total. The first-order valence-corrected chi connectivity index (χ1v) is 43.1. The number of nitrogens with zero attached hydrogens (tertiary/aromatic N) is 1. The molecule has 0 heterocycles. The van der Waals surface area contributed by atoms with Crippen molar-refractivity contribution < 1.29 is 42.1 Å². The van der Waals surface area contributed by atoms with Gasteiger partial charge in [-0.3, -0.25) is 18.6 Å². The summed E-state index contributed by atoms with van der Waals surface area (Å²) in [6, 6.07) is 0. The first kappa shape index (κ1) is 94.7. The van der Waals surface area contributed by atoms with E-state index in [9.17, 15) is 19.0 Å². The van der Waals surface area contributed by atoms with Crippen LogP contribution in [-0.2, 0) is 32.7 Å². The van der Waals surface area contributed by atoms with Crippen LogP contribution in [0.15, 0.2) is 109 Å². The van der Waals surface area contributed by atoms with Crippen LogP contribution in [0.5, 0.6) is 0 Å². The van der Waals surface area contributed by atoms with Gasteiger partial charge in [-0.15, -0.1) is 0 Å². The Morgan fingerprint density at radius 2 is 0.582 bits per heavy atom. The maximum absolute atomic E-state index is 12.9. The Labute approximate surface area is 607 Å². The predicted octanol–water partition coefficient (Wildman–Crippen LogP) is 28.0. The van der Waals surface area contributed by atoms with Crippen molar-refractivity contribution in [3.63, 3.8) is 0 Å². The van der Waals surface area contributed by atoms with Crippen LogP contribution in [0.3, 0.4) is 0 Å². The molecule has 10 heteroatoms. The van der Waals surface area contributed by atoms with Crippen LogP contribution < -0.4 is 0 Å². The number of hydrogen-bond acceptors (Lipinski definition) is 7. The molecule has 98 heavy (non-hydrogen) atoms. The fraction of sp³-hybridized carbons (Fsp3) is 0.773. The summed E-state index contributed by atoms with van der Waals surface area (Å²) in [4.78, 5) is 36.0. The molecule has 0 bridgehead atoms. The van der Waals surface area contributed by atoms with E-state index in [0.717, 1.165) is 89.9 Å². The summed E-state index contributed by atoms with van der Waals surface area (Å²) in [5.41, 5.74) is 0. The highest BCUT2D eigenvalue weighted by molar-refractivity contribution is 7.47. The Bertz CT molecular complexity index is 2030. The quantitative estimate of drug-likeness (QED) is 0.0211. The summed E-state index contributed by atoms with van der Waals surface area (Å²) in [5, 5.41) is 0. The Hall–Kier alpha value is -3.33. The minimum absolute atomic E-state index is 0.0302. The second-order valence-electron chi connectivity index (χ2n) is 29.1. The van der Waals surface area contributed by atoms with Gasteiger partial charge in [0.05, 0.1) is 27.7 Å². The Morgan fingerprint density at radius 1 is 0.327 bits per heavy atom. The van der Waals surface area contributed by atoms with E-state index in [0.29, 0.717) is 23.9 Å². The average Bonchev–Trinajstić information content (AvgIpc) is 1.23. The number of ether oxygens (including phenoxy) is 2. The van der Waals surface area contributed by atoms with E-state index in [2.05, 4.69) is 123 Å². The van der Waals surface area contributed by atoms with Crippen molar-refractivity contribution in [3.05, 3.63) is 109 Å². The molecule has 0 amide bonds. The number of phosphoric ester groups is 1. The number of esters is 2. The minimum Gasteiger partial charge on any atom is -0.462 e. The number of likely N-dealkylation sites (N-methyl/N-ethyl adjacent to an activating group) is 1. The molecular weight excluding hydrogens is 1230 g/mol. The van der Waals surface area contributed by atoms with E-state index in [1.807, 2.05) is 21.1 Å². The Kier molecular flexibility index (Phi) is 75.2. The number of unbranched alkanes of at least 4 members (excludes halogenated alkanes) is 45. The van der Waals surface area contributed by atoms with Gasteiger partial charge in [-0.1, -0.05) is 380 Å². The summed E-state index contributed by atoms with van der Waals surface area (Å²) in [5.74, 6) is -0.784. The van der Waals surface area contributed by atoms with Gasteiger partial charge in [0.1, 0.15) is 19.8 Å². The zero-order valence-corrected chi connectivity index (χ0v) is 65.9. The molecular formula is C88H159NO8P+. The summed E-state index contributed by atoms with van der Waals surface area (Å²) in [7, 11) is 1.49. The molecule has 9 nitrogen and oxygen atoms in total. The van der Waals surface area contributed by atoms with E-state index in [1.165, 1.54) is 263 Å². The minimum atomic E-state index is -4.40. The zero-order chi connectivity index (χ0) is 71.1. The molecule has 0 fully saturated rings. The predicted molar refractivity (Wildman–Crippen MR) is 427 cm³/mol. The lowest BCUT2D eigenvalue weighted by Crippen LogP contribution is -2.37. The van der Waals surface area contributed by atoms with Gasteiger partial charge in [0, 0.05) is 12.8 Å². The molecule has 568 valence electrons. The van der Waals surface area contributed by atoms with Crippen molar-refractivity contribution in [2.45, 2.75) is 392 Å². The van der Waals surface area contributed by atoms with Gasteiger partial charge in [0.2, 0.25) is 0 Å². The molecule has 0 aromatic rings. The van der Waals surface area contributed by atoms with Crippen molar-refractivity contribution in [2.75, 3.05) is 47.5 Å². The largest absolute Gasteiger partial charge is 0.472 e. The highest BCUT2D eigenvalue weighted by Crippen LogP contribution is 2.43. The molecule has 0 spiro atoms. The molecule has 0 saturated carbocycles. The van der Waals surface area contributed by atoms with Crippen LogP contribution in [0.25, 0.3) is 0 Å². The normalized spacial score (nSPS) is 13.6. The van der Waals surface area contributed by atoms with Crippen LogP contribution in [0.4, 0.5) is 0 Å². The number of carbonyl (C=O) groups excluding carboxylic acids is 2. The summed E-state index contributed by atoms with van der Waals surface area (Å²) in [6.07, 6.45) is 111. The van der Waals surface area contributed by atoms with Crippen molar-refractivity contribution >= 4 is 19.8 Å². The van der Waals surface area contributed by atoms with Gasteiger partial charge in [0.15, 0.2) is 6.10 Å². The van der Waals surface area contributed by atoms with E-state index >= 15 is 0 Å². The summed E-state index contributed by atoms with van der Waals surface area (Å²) in [6.45, 7) is 4.37. The average molecular weight is 1390 g/mol. The first-order chi connectivity index (χ1) is 48.0. The molecule has 0 saturated heterocycles. The molecule has 0 aliphatic rings. The van der Waals surface area contributed by atoms with Crippen molar-refractivity contribution in [1.29, 1.82) is 0 Å². The SMILES string of the molecule is CC/C=C\C/C=C\C/C=C\C/C=C\C/C=C\C/C=C\C/C=C\C/C=C\CCCCCCCCCCCCCCCCC(=O)OC(COC(=O)CCCCCCCCCCCCCCCCCCCCCCCCC/C=C\CCCCCCCCCC)COP(=O)(O)OCC[N+](C)(C)C. The second-order valence-corrected chi connectivity index (χ2v) is 30.6. The lowest BCUT2D eigenvalue weighted by molar-refractivity contribution is -0.870. The first-order valence-electron chi connectivity index (χ1n) is 41.6. The zero-order valence-electron chi connectivity index (χ0n) is 65.0. The molecule has 0 aliphatic carbocycles. The molecule has 0 radical (unpaired) electrons. The highest BCUT2D eigenvalue weighted by Gasteiger charge is 2.27. The van der Waals surface area contributed by atoms with Crippen LogP contribution in [0.1, 0.15) is 386 Å². The summed E-state index contributed by atoms with van der Waals surface area (Å²) < 4.78 is 34.9. The highest BCUT2D eigenvalue weighted by atomic mass is 31.2. The van der Waals surface area contributed by atoms with E-state index in [4.69, 9.17) is 18.5 Å². The molecule has 2 atom stereocenters. The fourth-order valence-corrected chi connectivity index (χ4v) is 12.7. The maximum Gasteiger partial charge on any atom is 0.472 e. The molecule has 0 aliphatic heterocycles. The van der Waals surface area contributed by atoms with Gasteiger partial charge in [-0.2, -0.15) is 0 Å². The van der Waals surface area contributed by atoms with Crippen LogP contribution >= 0.6 is 7.82 Å². The maximum atomic E-state index is 12.9. The number of rotatable bonds is 77. The van der Waals surface area contributed by atoms with E-state index < -0.39 is 26.5 Å². The van der Waals surface area contributed by atoms with Gasteiger partial charge < -0.3 is 18.9 Å². The summed E-state index contributed by atoms with van der Waals surface area (Å²) >= 11 is 0. The number of phosphoric acid groups is 1. The van der Waals surface area contributed by atoms with Crippen molar-refractivity contribution in [3.8, 4) is 0 Å². The molecule has 0 aromatic heterocycles. The van der Waals surface area contributed by atoms with Crippen molar-refractivity contribution in [1.82, 2.24) is 0 Å². The van der Waals surface area contributed by atoms with Gasteiger partial charge >= 0.3 is 19.8 Å². The number of hydrogen-bond donors (Lipinski definition) is 1. The molecule has 0 rings (SSSR count). The Balaban J connectivity index is 3.95. The standard InChI is InChI=1S/C88H158NO8P/c1-6-8-10-12-14-16-18-20-22-24-26-28-30-32-34-36-38-40-42-43-44-45-47-49-51-53-55-57-59-61-63-65-67-69-71-73-75-77-79-81-88(91)97-86(85-96-98(92,93)95-83-82-89(3,4)5)84-94-87(90)80-78-76-74-72-70-68-66-64-62-60-58-56-54-52-50-48-46-41-39-37-35-33-31-29-27-25-23-21-19-17-15-13-11-9-7-2/h8,10,14,16,20,22,25-28,32,34,38,40,43-44,47,49,86H,6-7,9,11-13,15,17-19,21,23-24,29-31,33,35-37,39,41-42,45-46,48,50-85H2,1-5H3/p+1/b10-8-,16-14-,22-20-,27-25-,28-26-,34-32-,40-38-,44-43-,49-47-. The molecule has 2 unspecified atom stereocenters. The third kappa shape index (κ3) is 81.6. The number of allylic oxidation sites excluding steroid dienone is 18. The van der Waals surface area contributed by atoms with Crippen LogP contribution in [0.2, 0.25) is 0 Å². The fourth-order valence-electron chi connectivity index (χ4n) is 12.0. The third-order valence-electron chi connectivity index (χ3n) is 18.3. The lowest BCUT2D eigenvalue weighted by Gasteiger charge is -2.24. The van der Waals surface area contributed by atoms with Crippen LogP contribution in [0, 0.1) is 0 Å². The van der Waals surface area contributed by atoms with E-state index in [-0.39, 0.29) is 25.6 Å². The topological polar surface area (TPSA) is 108 Å². The van der Waals surface area contributed by atoms with Crippen LogP contribution in [-0.4, -0.2) is 74.9 Å². The van der Waals surface area contributed by atoms with Crippen molar-refractivity contribution in [2.24, 2.45) is 0 Å². The number of carbonyl (C=O) groups is 2. The third-order valence-corrected chi connectivity index (χ3v) is 19.3. The lowest BCUT2D eigenvalue weighted by atomic mass is 10.0. The second kappa shape index (κ2) is 77.8. The van der Waals surface area contributed by atoms with E-state index in [1.54, 1.807) is 0 Å². The van der Waals surface area contributed by atoms with Gasteiger partial charge in [-0.05, 0) is 103 Å². The van der Waals surface area contributed by atoms with Gasteiger partial charge in [0.25, 0.3) is 0 Å². The van der Waals surface area contributed by atoms with Gasteiger partial charge in [-0.25, -0.2) is 4.57 Å². The Morgan fingerprint density at radius 3 is 0.878 bits per heavy atom. The monoisotopic (exact) mass is 1390 g/mol.